The number of halogens is 3. The minimum atomic E-state index is -4.59. The molecule has 34 heavy (non-hydrogen) atoms. The zero-order valence-electron chi connectivity index (χ0n) is 19.1. The Morgan fingerprint density at radius 3 is 2.44 bits per heavy atom. The van der Waals surface area contributed by atoms with E-state index in [1.165, 1.54) is 6.07 Å². The van der Waals surface area contributed by atoms with E-state index in [-0.39, 0.29) is 17.8 Å². The molecule has 1 aliphatic carbocycles. The molecule has 0 radical (unpaired) electrons. The molecule has 0 spiro atoms. The van der Waals surface area contributed by atoms with Crippen LogP contribution in [0.4, 0.5) is 24.8 Å². The number of methoxy groups -OCH3 is 2. The van der Waals surface area contributed by atoms with Gasteiger partial charge in [0.1, 0.15) is 23.2 Å². The van der Waals surface area contributed by atoms with Gasteiger partial charge in [-0.05, 0) is 43.5 Å². The molecule has 8 nitrogen and oxygen atoms in total. The first kappa shape index (κ1) is 23.8. The number of benzene rings is 1. The number of hydrogen-bond donors (Lipinski definition) is 2. The molecule has 0 bridgehead atoms. The zero-order valence-corrected chi connectivity index (χ0v) is 19.1. The maximum absolute atomic E-state index is 13.1. The molecule has 182 valence electrons. The van der Waals surface area contributed by atoms with Crippen molar-refractivity contribution in [2.75, 3.05) is 38.5 Å². The Bertz CT molecular complexity index is 1200. The van der Waals surface area contributed by atoms with Crippen LogP contribution in [-0.4, -0.2) is 42.4 Å². The number of fused-ring (bicyclic) bond motifs is 1. The molecule has 11 heteroatoms. The number of nitrogens with one attached hydrogen (secondary N) is 1. The minimum Gasteiger partial charge on any atom is -0.493 e. The first-order valence-corrected chi connectivity index (χ1v) is 10.7. The predicted molar refractivity (Wildman–Crippen MR) is 121 cm³/mol. The summed E-state index contributed by atoms with van der Waals surface area (Å²) in [7, 11) is 3.22. The summed E-state index contributed by atoms with van der Waals surface area (Å²) in [5.41, 5.74) is 5.49. The molecule has 1 aromatic carbocycles. The van der Waals surface area contributed by atoms with Crippen molar-refractivity contribution in [3.05, 3.63) is 41.3 Å². The third-order valence-electron chi connectivity index (χ3n) is 5.69. The van der Waals surface area contributed by atoms with Crippen LogP contribution < -0.4 is 20.5 Å². The molecule has 0 atom stereocenters. The van der Waals surface area contributed by atoms with Gasteiger partial charge >= 0.3 is 6.18 Å². The van der Waals surface area contributed by atoms with Crippen LogP contribution in [0.15, 0.2) is 24.3 Å². The number of hydrogen-bond acceptors (Lipinski definition) is 8. The number of rotatable bonds is 9. The topological polar surface area (TPSA) is 104 Å². The lowest BCUT2D eigenvalue weighted by molar-refractivity contribution is -0.141. The third-order valence-corrected chi connectivity index (χ3v) is 5.69. The van der Waals surface area contributed by atoms with E-state index in [2.05, 4.69) is 20.3 Å². The number of nitrogens with two attached hydrogens (primary N) is 1. The van der Waals surface area contributed by atoms with E-state index in [1.807, 2.05) is 0 Å². The minimum absolute atomic E-state index is 0.0110. The molecule has 1 fully saturated rings. The molecule has 4 rings (SSSR count). The molecule has 3 N–H and O–H groups in total. The third kappa shape index (κ3) is 5.24. The Kier molecular flexibility index (Phi) is 6.39. The fraction of sp³-hybridized carbons (Fsp3) is 0.435. The maximum Gasteiger partial charge on any atom is 0.433 e. The number of anilines is 2. The summed E-state index contributed by atoms with van der Waals surface area (Å²) in [5, 5.41) is 3.75. The van der Waals surface area contributed by atoms with Gasteiger partial charge < -0.3 is 25.3 Å². The van der Waals surface area contributed by atoms with Crippen LogP contribution in [0.3, 0.4) is 0 Å². The van der Waals surface area contributed by atoms with Crippen molar-refractivity contribution < 1.29 is 27.4 Å². The molecular weight excluding hydrogens is 451 g/mol. The smallest absolute Gasteiger partial charge is 0.433 e. The van der Waals surface area contributed by atoms with Crippen LogP contribution in [0.1, 0.15) is 29.9 Å². The second-order valence-corrected chi connectivity index (χ2v) is 8.50. The van der Waals surface area contributed by atoms with E-state index in [0.29, 0.717) is 52.8 Å². The Balaban J connectivity index is 1.63. The molecule has 1 saturated carbocycles. The summed E-state index contributed by atoms with van der Waals surface area (Å²) < 4.78 is 56.2. The molecule has 0 saturated heterocycles. The normalized spacial score (nSPS) is 14.8. The number of nitrogens with zero attached hydrogens (tertiary/aromatic N) is 3. The Morgan fingerprint density at radius 2 is 1.79 bits per heavy atom. The van der Waals surface area contributed by atoms with Crippen LogP contribution in [0, 0.1) is 12.3 Å². The van der Waals surface area contributed by atoms with Gasteiger partial charge in [-0.2, -0.15) is 13.2 Å². The molecule has 3 aromatic rings. The van der Waals surface area contributed by atoms with Crippen LogP contribution in [-0.2, 0) is 17.5 Å². The average molecular weight is 477 g/mol. The number of aryl methyl sites for hydroxylation is 1. The van der Waals surface area contributed by atoms with Crippen molar-refractivity contribution in [2.24, 2.45) is 5.41 Å². The highest BCUT2D eigenvalue weighted by Gasteiger charge is 2.43. The van der Waals surface area contributed by atoms with Gasteiger partial charge in [-0.15, -0.1) is 0 Å². The number of ether oxygens (including phenoxy) is 3. The number of aromatic nitrogens is 3. The van der Waals surface area contributed by atoms with Gasteiger partial charge in [0.2, 0.25) is 0 Å². The lowest BCUT2D eigenvalue weighted by atomic mass is 10.1. The van der Waals surface area contributed by atoms with E-state index in [9.17, 15) is 13.2 Å². The molecule has 2 aromatic heterocycles. The average Bonchev–Trinajstić information content (AvgIpc) is 3.54. The maximum atomic E-state index is 13.1. The standard InChI is InChI=1S/C23H26F3N5O3/c1-13-29-16-9-17(33-3)18(34-12-22(4-5-22)11-32-2)8-15(16)21(30-13)28-10-14-6-19(23(24,25)26)31-20(27)7-14/h6-9H,4-5,10-12H2,1-3H3,(H2,27,31)(H,28,29,30). The van der Waals surface area contributed by atoms with Crippen molar-refractivity contribution in [3.8, 4) is 11.5 Å². The lowest BCUT2D eigenvalue weighted by Crippen LogP contribution is -2.18. The van der Waals surface area contributed by atoms with Crippen molar-refractivity contribution in [3.63, 3.8) is 0 Å². The van der Waals surface area contributed by atoms with Gasteiger partial charge in [-0.25, -0.2) is 15.0 Å². The lowest BCUT2D eigenvalue weighted by Gasteiger charge is -2.18. The summed E-state index contributed by atoms with van der Waals surface area (Å²) in [6, 6.07) is 5.89. The van der Waals surface area contributed by atoms with Gasteiger partial charge in [0.15, 0.2) is 11.5 Å². The largest absolute Gasteiger partial charge is 0.493 e. The van der Waals surface area contributed by atoms with E-state index in [4.69, 9.17) is 19.9 Å². The Hall–Kier alpha value is -3.34. The highest BCUT2D eigenvalue weighted by molar-refractivity contribution is 5.91. The highest BCUT2D eigenvalue weighted by atomic mass is 19.4. The van der Waals surface area contributed by atoms with E-state index < -0.39 is 11.9 Å². The number of nitrogen functional groups attached to an aromatic ring is 1. The fourth-order valence-corrected chi connectivity index (χ4v) is 3.75. The van der Waals surface area contributed by atoms with Crippen LogP contribution in [0.2, 0.25) is 0 Å². The van der Waals surface area contributed by atoms with Gasteiger partial charge in [0.25, 0.3) is 0 Å². The van der Waals surface area contributed by atoms with Gasteiger partial charge in [-0.1, -0.05) is 0 Å². The van der Waals surface area contributed by atoms with Crippen molar-refractivity contribution >= 4 is 22.5 Å². The number of alkyl halides is 3. The van der Waals surface area contributed by atoms with Gasteiger partial charge in [0.05, 0.1) is 25.8 Å². The summed E-state index contributed by atoms with van der Waals surface area (Å²) >= 11 is 0. The quantitative estimate of drug-likeness (QED) is 0.469. The van der Waals surface area contributed by atoms with Crippen molar-refractivity contribution in [2.45, 2.75) is 32.5 Å². The Labute approximate surface area is 194 Å². The summed E-state index contributed by atoms with van der Waals surface area (Å²) in [6.45, 7) is 2.89. The Morgan fingerprint density at radius 1 is 1.03 bits per heavy atom. The van der Waals surface area contributed by atoms with Crippen molar-refractivity contribution in [1.82, 2.24) is 15.0 Å². The molecule has 0 unspecified atom stereocenters. The van der Waals surface area contributed by atoms with Crippen LogP contribution in [0.25, 0.3) is 10.9 Å². The first-order chi connectivity index (χ1) is 16.1. The van der Waals surface area contributed by atoms with Crippen molar-refractivity contribution in [1.29, 1.82) is 0 Å². The SMILES string of the molecule is COCC1(COc2cc3c(NCc4cc(N)nc(C(F)(F)F)c4)nc(C)nc3cc2OC)CC1. The zero-order chi connectivity index (χ0) is 24.5. The second-order valence-electron chi connectivity index (χ2n) is 8.50. The molecule has 0 aliphatic heterocycles. The molecule has 2 heterocycles. The van der Waals surface area contributed by atoms with E-state index in [0.717, 1.165) is 18.9 Å². The number of pyridine rings is 1. The van der Waals surface area contributed by atoms with Crippen LogP contribution >= 0.6 is 0 Å². The molecule has 0 amide bonds. The predicted octanol–water partition coefficient (Wildman–Crippen LogP) is 4.36. The fourth-order valence-electron chi connectivity index (χ4n) is 3.75. The van der Waals surface area contributed by atoms with Gasteiger partial charge in [-0.3, -0.25) is 0 Å². The molecular formula is C23H26F3N5O3. The first-order valence-electron chi connectivity index (χ1n) is 10.7. The molecule has 1 aliphatic rings. The monoisotopic (exact) mass is 477 g/mol. The van der Waals surface area contributed by atoms with Crippen LogP contribution in [0.5, 0.6) is 11.5 Å². The summed E-state index contributed by atoms with van der Waals surface area (Å²) in [6.07, 6.45) is -2.53. The second kappa shape index (κ2) is 9.13. The summed E-state index contributed by atoms with van der Waals surface area (Å²) in [5.74, 6) is 1.80. The van der Waals surface area contributed by atoms with Gasteiger partial charge in [0, 0.05) is 30.5 Å². The van der Waals surface area contributed by atoms with E-state index in [1.54, 1.807) is 33.3 Å². The summed E-state index contributed by atoms with van der Waals surface area (Å²) in [4.78, 5) is 12.3. The van der Waals surface area contributed by atoms with E-state index >= 15 is 0 Å². The highest BCUT2D eigenvalue weighted by Crippen LogP contribution is 2.47.